The molecule has 0 bridgehead atoms. The molecule has 0 saturated carbocycles. The molecule has 5 atom stereocenters. The fourth-order valence-electron chi connectivity index (χ4n) is 2.18. The zero-order valence-electron chi connectivity index (χ0n) is 12.3. The zero-order valence-corrected chi connectivity index (χ0v) is 13.9. The fraction of sp³-hybridized carbons (Fsp3) is 0.400. The van der Waals surface area contributed by atoms with E-state index >= 15 is 0 Å². The number of aliphatic hydroxyl groups excluding tert-OH is 4. The summed E-state index contributed by atoms with van der Waals surface area (Å²) in [4.78, 5) is 11.4. The molecule has 2 rings (SSSR count). The van der Waals surface area contributed by atoms with Crippen LogP contribution in [0.15, 0.2) is 34.5 Å². The van der Waals surface area contributed by atoms with Crippen molar-refractivity contribution in [2.45, 2.75) is 30.7 Å². The summed E-state index contributed by atoms with van der Waals surface area (Å²) in [6, 6.07) is 6.75. The predicted molar refractivity (Wildman–Crippen MR) is 84.6 cm³/mol. The molecule has 0 aromatic heterocycles. The first-order valence-corrected chi connectivity index (χ1v) is 7.80. The van der Waals surface area contributed by atoms with E-state index < -0.39 is 49.0 Å². The minimum absolute atomic E-state index is 0.520. The molecule has 1 aliphatic heterocycles. The van der Waals surface area contributed by atoms with Crippen LogP contribution in [0.3, 0.4) is 0 Å². The van der Waals surface area contributed by atoms with Crippen LogP contribution in [-0.2, 0) is 14.3 Å². The van der Waals surface area contributed by atoms with Crippen molar-refractivity contribution in [1.29, 1.82) is 0 Å². The quantitative estimate of drug-likeness (QED) is 0.333. The highest BCUT2D eigenvalue weighted by Gasteiger charge is 2.45. The molecule has 5 N–H and O–H groups in total. The highest BCUT2D eigenvalue weighted by molar-refractivity contribution is 9.10. The average Bonchev–Trinajstić information content (AvgIpc) is 2.54. The third-order valence-electron chi connectivity index (χ3n) is 3.45. The number of benzene rings is 1. The van der Waals surface area contributed by atoms with Gasteiger partial charge in [0.1, 0.15) is 24.4 Å². The SMILES string of the molecule is O=C(O)/C(=C/c1cccc(Br)c1)O[C@H]1O[C@@H](CO)[C@H](O)[C@@H](O)[C@@H]1O. The number of aliphatic carboxylic acids is 1. The van der Waals surface area contributed by atoms with E-state index in [0.29, 0.717) is 5.56 Å². The summed E-state index contributed by atoms with van der Waals surface area (Å²) in [6.45, 7) is -0.636. The third kappa shape index (κ3) is 4.32. The van der Waals surface area contributed by atoms with Crippen LogP contribution in [0.4, 0.5) is 0 Å². The monoisotopic (exact) mass is 404 g/mol. The summed E-state index contributed by atoms with van der Waals surface area (Å²) in [6.07, 6.45) is -6.42. The van der Waals surface area contributed by atoms with Gasteiger partial charge in [0.2, 0.25) is 12.0 Å². The molecule has 8 nitrogen and oxygen atoms in total. The minimum atomic E-state index is -1.69. The van der Waals surface area contributed by atoms with Crippen molar-refractivity contribution in [3.05, 3.63) is 40.1 Å². The lowest BCUT2D eigenvalue weighted by Gasteiger charge is -2.39. The maximum Gasteiger partial charge on any atom is 0.371 e. The van der Waals surface area contributed by atoms with Crippen LogP contribution in [0.25, 0.3) is 6.08 Å². The van der Waals surface area contributed by atoms with E-state index in [1.165, 1.54) is 6.08 Å². The number of carbonyl (C=O) groups is 1. The van der Waals surface area contributed by atoms with Gasteiger partial charge in [-0.05, 0) is 23.8 Å². The van der Waals surface area contributed by atoms with Crippen molar-refractivity contribution in [3.8, 4) is 0 Å². The van der Waals surface area contributed by atoms with E-state index in [2.05, 4.69) is 15.9 Å². The summed E-state index contributed by atoms with van der Waals surface area (Å²) in [5.74, 6) is -1.94. The van der Waals surface area contributed by atoms with Gasteiger partial charge < -0.3 is 35.0 Å². The van der Waals surface area contributed by atoms with Gasteiger partial charge in [-0.15, -0.1) is 0 Å². The van der Waals surface area contributed by atoms with Gasteiger partial charge in [-0.25, -0.2) is 4.79 Å². The van der Waals surface area contributed by atoms with Gasteiger partial charge in [0.25, 0.3) is 0 Å². The fourth-order valence-corrected chi connectivity index (χ4v) is 2.60. The van der Waals surface area contributed by atoms with Gasteiger partial charge in [-0.1, -0.05) is 28.1 Å². The van der Waals surface area contributed by atoms with Crippen LogP contribution >= 0.6 is 15.9 Å². The molecule has 132 valence electrons. The molecule has 9 heteroatoms. The smallest absolute Gasteiger partial charge is 0.371 e. The molecule has 0 unspecified atom stereocenters. The zero-order chi connectivity index (χ0) is 17.9. The molecular weight excluding hydrogens is 388 g/mol. The number of carboxylic acid groups (broad SMARTS) is 1. The Hall–Kier alpha value is -1.49. The molecule has 1 fully saturated rings. The van der Waals surface area contributed by atoms with E-state index in [9.17, 15) is 25.2 Å². The maximum absolute atomic E-state index is 11.4. The van der Waals surface area contributed by atoms with Crippen molar-refractivity contribution in [1.82, 2.24) is 0 Å². The second-order valence-electron chi connectivity index (χ2n) is 5.18. The average molecular weight is 405 g/mol. The normalized spacial score (nSPS) is 30.9. The number of rotatable bonds is 5. The largest absolute Gasteiger partial charge is 0.475 e. The number of aliphatic hydroxyl groups is 4. The summed E-state index contributed by atoms with van der Waals surface area (Å²) in [7, 11) is 0. The van der Waals surface area contributed by atoms with E-state index in [-0.39, 0.29) is 0 Å². The summed E-state index contributed by atoms with van der Waals surface area (Å²) in [5.41, 5.74) is 0.520. The summed E-state index contributed by atoms with van der Waals surface area (Å²) >= 11 is 3.26. The Morgan fingerprint density at radius 3 is 2.54 bits per heavy atom. The Bertz CT molecular complexity index is 617. The van der Waals surface area contributed by atoms with Crippen LogP contribution in [0.1, 0.15) is 5.56 Å². The molecule has 1 saturated heterocycles. The van der Waals surface area contributed by atoms with Crippen molar-refractivity contribution >= 4 is 28.0 Å². The molecule has 1 aromatic carbocycles. The number of ether oxygens (including phenoxy) is 2. The summed E-state index contributed by atoms with van der Waals surface area (Å²) < 4.78 is 11.0. The first kappa shape index (κ1) is 18.8. The van der Waals surface area contributed by atoms with Crippen LogP contribution in [0.5, 0.6) is 0 Å². The Labute approximate surface area is 145 Å². The highest BCUT2D eigenvalue weighted by atomic mass is 79.9. The number of hydrogen-bond acceptors (Lipinski definition) is 7. The Morgan fingerprint density at radius 2 is 1.96 bits per heavy atom. The molecular formula is C15H17BrO8. The first-order valence-electron chi connectivity index (χ1n) is 7.01. The molecule has 0 aliphatic carbocycles. The van der Waals surface area contributed by atoms with E-state index in [0.717, 1.165) is 4.47 Å². The lowest BCUT2D eigenvalue weighted by atomic mass is 9.99. The maximum atomic E-state index is 11.4. The van der Waals surface area contributed by atoms with Crippen molar-refractivity contribution < 1.29 is 39.8 Å². The van der Waals surface area contributed by atoms with Gasteiger partial charge >= 0.3 is 5.97 Å². The van der Waals surface area contributed by atoms with Crippen LogP contribution < -0.4 is 0 Å². The molecule has 24 heavy (non-hydrogen) atoms. The van der Waals surface area contributed by atoms with Crippen molar-refractivity contribution in [2.75, 3.05) is 6.61 Å². The van der Waals surface area contributed by atoms with Gasteiger partial charge in [0.15, 0.2) is 0 Å². The molecule has 0 spiro atoms. The molecule has 1 aliphatic rings. The second-order valence-corrected chi connectivity index (χ2v) is 6.10. The standard InChI is InChI=1S/C15H17BrO8/c16-8-3-1-2-7(4-8)5-9(14(21)22)23-15-13(20)12(19)11(18)10(6-17)24-15/h1-5,10-13,15,17-20H,6H2,(H,21,22)/b9-5-/t10-,11-,12+,13-,15-/m0/s1. The Balaban J connectivity index is 2.22. The summed E-state index contributed by atoms with van der Waals surface area (Å²) in [5, 5.41) is 47.7. The van der Waals surface area contributed by atoms with Crippen molar-refractivity contribution in [3.63, 3.8) is 0 Å². The lowest BCUT2D eigenvalue weighted by molar-refractivity contribution is -0.291. The van der Waals surface area contributed by atoms with Gasteiger partial charge in [-0.3, -0.25) is 0 Å². The molecule has 1 heterocycles. The van der Waals surface area contributed by atoms with Gasteiger partial charge in [0, 0.05) is 4.47 Å². The van der Waals surface area contributed by atoms with E-state index in [1.807, 2.05) is 0 Å². The third-order valence-corrected chi connectivity index (χ3v) is 3.94. The second kappa shape index (κ2) is 8.06. The molecule has 1 aromatic rings. The molecule has 0 radical (unpaired) electrons. The van der Waals surface area contributed by atoms with Gasteiger partial charge in [0.05, 0.1) is 6.61 Å². The minimum Gasteiger partial charge on any atom is -0.475 e. The molecule has 0 amide bonds. The number of carboxylic acids is 1. The Morgan fingerprint density at radius 1 is 1.25 bits per heavy atom. The number of halogens is 1. The van der Waals surface area contributed by atoms with Crippen molar-refractivity contribution in [2.24, 2.45) is 0 Å². The first-order chi connectivity index (χ1) is 11.3. The van der Waals surface area contributed by atoms with E-state index in [1.54, 1.807) is 24.3 Å². The topological polar surface area (TPSA) is 137 Å². The lowest BCUT2D eigenvalue weighted by Crippen LogP contribution is -2.59. The van der Waals surface area contributed by atoms with Crippen LogP contribution in [0, 0.1) is 0 Å². The highest BCUT2D eigenvalue weighted by Crippen LogP contribution is 2.24. The number of hydrogen-bond donors (Lipinski definition) is 5. The van der Waals surface area contributed by atoms with E-state index in [4.69, 9.17) is 14.6 Å². The predicted octanol–water partition coefficient (Wildman–Crippen LogP) is -0.309. The van der Waals surface area contributed by atoms with Crippen LogP contribution in [-0.4, -0.2) is 68.8 Å². The van der Waals surface area contributed by atoms with Crippen LogP contribution in [0.2, 0.25) is 0 Å². The Kier molecular flexibility index (Phi) is 6.33. The van der Waals surface area contributed by atoms with Gasteiger partial charge in [-0.2, -0.15) is 0 Å².